The van der Waals surface area contributed by atoms with E-state index in [9.17, 15) is 9.18 Å². The number of likely N-dealkylation sites (tertiary alicyclic amines) is 1. The number of piperidine rings is 1. The number of nitrogens with zero attached hydrogens (tertiary/aromatic N) is 2. The summed E-state index contributed by atoms with van der Waals surface area (Å²) in [4.78, 5) is 19.0. The highest BCUT2D eigenvalue weighted by Crippen LogP contribution is 2.23. The summed E-state index contributed by atoms with van der Waals surface area (Å²) >= 11 is 1.57. The van der Waals surface area contributed by atoms with Crippen molar-refractivity contribution in [1.29, 1.82) is 0 Å². The fourth-order valence-electron chi connectivity index (χ4n) is 3.30. The van der Waals surface area contributed by atoms with Gasteiger partial charge in [-0.2, -0.15) is 0 Å². The molecule has 0 spiro atoms. The lowest BCUT2D eigenvalue weighted by Gasteiger charge is -2.32. The molecule has 1 aliphatic rings. The summed E-state index contributed by atoms with van der Waals surface area (Å²) in [6.07, 6.45) is 1.98. The van der Waals surface area contributed by atoms with Crippen molar-refractivity contribution in [2.75, 3.05) is 19.7 Å². The maximum absolute atomic E-state index is 13.0. The van der Waals surface area contributed by atoms with Gasteiger partial charge in [-0.25, -0.2) is 9.37 Å². The van der Waals surface area contributed by atoms with Gasteiger partial charge in [0.1, 0.15) is 11.6 Å². The third-order valence-corrected chi connectivity index (χ3v) is 5.49. The van der Waals surface area contributed by atoms with E-state index in [0.717, 1.165) is 29.6 Å². The Kier molecular flexibility index (Phi) is 4.84. The number of rotatable bonds is 4. The lowest BCUT2D eigenvalue weighted by Crippen LogP contribution is -2.41. The number of halogens is 1. The summed E-state index contributed by atoms with van der Waals surface area (Å²) < 4.78 is 19.8. The van der Waals surface area contributed by atoms with E-state index in [4.69, 9.17) is 4.74 Å². The highest BCUT2D eigenvalue weighted by atomic mass is 32.1. The van der Waals surface area contributed by atoms with E-state index in [1.165, 1.54) is 12.1 Å². The summed E-state index contributed by atoms with van der Waals surface area (Å²) in [6, 6.07) is 11.7. The van der Waals surface area contributed by atoms with Crippen LogP contribution in [0.3, 0.4) is 0 Å². The van der Waals surface area contributed by atoms with E-state index >= 15 is 0 Å². The summed E-state index contributed by atoms with van der Waals surface area (Å²) in [5.74, 6) is 0.708. The van der Waals surface area contributed by atoms with Crippen molar-refractivity contribution in [1.82, 2.24) is 9.88 Å². The zero-order chi connectivity index (χ0) is 17.9. The van der Waals surface area contributed by atoms with Gasteiger partial charge in [0, 0.05) is 24.6 Å². The summed E-state index contributed by atoms with van der Waals surface area (Å²) in [5, 5.41) is 0. The first-order valence-corrected chi connectivity index (χ1v) is 9.58. The average Bonchev–Trinajstić information content (AvgIpc) is 3.15. The molecule has 1 fully saturated rings. The molecule has 1 saturated heterocycles. The molecule has 134 valence electrons. The first-order chi connectivity index (χ1) is 12.7. The van der Waals surface area contributed by atoms with Gasteiger partial charge in [-0.05, 0) is 55.3 Å². The number of ether oxygens (including phenoxy) is 1. The zero-order valence-corrected chi connectivity index (χ0v) is 15.0. The Labute approximate surface area is 155 Å². The van der Waals surface area contributed by atoms with Crippen LogP contribution in [0.25, 0.3) is 10.2 Å². The molecule has 4 rings (SSSR count). The van der Waals surface area contributed by atoms with Crippen LogP contribution in [-0.2, 0) is 0 Å². The molecular formula is C20H19FN2O2S. The minimum atomic E-state index is -0.274. The maximum Gasteiger partial charge on any atom is 0.253 e. The normalized spacial score (nSPS) is 17.4. The van der Waals surface area contributed by atoms with Crippen LogP contribution < -0.4 is 4.74 Å². The monoisotopic (exact) mass is 370 g/mol. The number of hydrogen-bond donors (Lipinski definition) is 0. The van der Waals surface area contributed by atoms with Gasteiger partial charge in [-0.1, -0.05) is 0 Å². The molecule has 2 aromatic carbocycles. The number of benzene rings is 2. The second kappa shape index (κ2) is 7.41. The van der Waals surface area contributed by atoms with Gasteiger partial charge >= 0.3 is 0 Å². The molecule has 1 atom stereocenters. The molecular weight excluding hydrogens is 351 g/mol. The smallest absolute Gasteiger partial charge is 0.253 e. The molecule has 1 aliphatic heterocycles. The third-order valence-electron chi connectivity index (χ3n) is 4.68. The fourth-order valence-corrected chi connectivity index (χ4v) is 3.96. The van der Waals surface area contributed by atoms with Crippen molar-refractivity contribution in [2.45, 2.75) is 12.8 Å². The molecule has 6 heteroatoms. The Balaban J connectivity index is 1.39. The Hall–Kier alpha value is -2.47. The van der Waals surface area contributed by atoms with Crippen molar-refractivity contribution in [2.24, 2.45) is 5.92 Å². The van der Waals surface area contributed by atoms with Crippen LogP contribution in [0, 0.1) is 11.7 Å². The lowest BCUT2D eigenvalue weighted by atomic mass is 9.98. The van der Waals surface area contributed by atoms with Crippen LogP contribution in [0.15, 0.2) is 48.0 Å². The van der Waals surface area contributed by atoms with Crippen LogP contribution >= 0.6 is 11.3 Å². The molecule has 1 aromatic heterocycles. The molecule has 0 radical (unpaired) electrons. The van der Waals surface area contributed by atoms with E-state index < -0.39 is 0 Å². The van der Waals surface area contributed by atoms with Crippen LogP contribution in [-0.4, -0.2) is 35.5 Å². The molecule has 2 heterocycles. The number of hydrogen-bond acceptors (Lipinski definition) is 4. The van der Waals surface area contributed by atoms with Gasteiger partial charge in [-0.15, -0.1) is 11.3 Å². The minimum Gasteiger partial charge on any atom is -0.493 e. The number of aromatic nitrogens is 1. The van der Waals surface area contributed by atoms with Gasteiger partial charge in [0.25, 0.3) is 5.91 Å². The van der Waals surface area contributed by atoms with Crippen molar-refractivity contribution in [3.05, 3.63) is 59.4 Å². The average molecular weight is 370 g/mol. The molecule has 26 heavy (non-hydrogen) atoms. The molecule has 4 nitrogen and oxygen atoms in total. The van der Waals surface area contributed by atoms with Crippen LogP contribution in [0.5, 0.6) is 5.75 Å². The molecule has 0 aliphatic carbocycles. The minimum absolute atomic E-state index is 0.0476. The largest absolute Gasteiger partial charge is 0.493 e. The van der Waals surface area contributed by atoms with Gasteiger partial charge in [0.15, 0.2) is 0 Å². The fraction of sp³-hybridized carbons (Fsp3) is 0.300. The van der Waals surface area contributed by atoms with E-state index in [1.54, 1.807) is 29.0 Å². The SMILES string of the molecule is O=C(c1ccc2scnc2c1)N1CCC[C@H](COc2ccc(F)cc2)C1. The summed E-state index contributed by atoms with van der Waals surface area (Å²) in [5.41, 5.74) is 3.35. The first-order valence-electron chi connectivity index (χ1n) is 8.70. The maximum atomic E-state index is 13.0. The third kappa shape index (κ3) is 3.70. The Morgan fingerprint density at radius 2 is 2.12 bits per heavy atom. The van der Waals surface area contributed by atoms with Crippen LogP contribution in [0.2, 0.25) is 0 Å². The molecule has 0 unspecified atom stereocenters. The Morgan fingerprint density at radius 1 is 1.27 bits per heavy atom. The van der Waals surface area contributed by atoms with Crippen LogP contribution in [0.4, 0.5) is 4.39 Å². The number of fused-ring (bicyclic) bond motifs is 1. The lowest BCUT2D eigenvalue weighted by molar-refractivity contribution is 0.0633. The number of thiazole rings is 1. The highest BCUT2D eigenvalue weighted by Gasteiger charge is 2.25. The second-order valence-electron chi connectivity index (χ2n) is 6.56. The number of carbonyl (C=O) groups is 1. The van der Waals surface area contributed by atoms with Gasteiger partial charge in [-0.3, -0.25) is 4.79 Å². The van der Waals surface area contributed by atoms with E-state index in [-0.39, 0.29) is 17.6 Å². The van der Waals surface area contributed by atoms with Crippen LogP contribution in [0.1, 0.15) is 23.2 Å². The summed E-state index contributed by atoms with van der Waals surface area (Å²) in [7, 11) is 0. The molecule has 0 saturated carbocycles. The van der Waals surface area contributed by atoms with Gasteiger partial charge in [0.05, 0.1) is 22.3 Å². The van der Waals surface area contributed by atoms with Crippen molar-refractivity contribution in [3.63, 3.8) is 0 Å². The van der Waals surface area contributed by atoms with E-state index in [0.29, 0.717) is 24.5 Å². The predicted molar refractivity (Wildman–Crippen MR) is 100 cm³/mol. The zero-order valence-electron chi connectivity index (χ0n) is 14.2. The number of carbonyl (C=O) groups excluding carboxylic acids is 1. The Morgan fingerprint density at radius 3 is 2.96 bits per heavy atom. The molecule has 0 N–H and O–H groups in total. The topological polar surface area (TPSA) is 42.4 Å². The molecule has 1 amide bonds. The van der Waals surface area contributed by atoms with Gasteiger partial charge in [0.2, 0.25) is 0 Å². The second-order valence-corrected chi connectivity index (χ2v) is 7.45. The van der Waals surface area contributed by atoms with E-state index in [1.807, 2.05) is 23.1 Å². The Bertz CT molecular complexity index is 910. The standard InChI is InChI=1S/C20H19FN2O2S/c21-16-4-6-17(7-5-16)25-12-14-2-1-9-23(11-14)20(24)15-3-8-19-18(10-15)22-13-26-19/h3-8,10,13-14H,1-2,9,11-12H2/t14-/m0/s1. The summed E-state index contributed by atoms with van der Waals surface area (Å²) in [6.45, 7) is 1.97. The van der Waals surface area contributed by atoms with E-state index in [2.05, 4.69) is 4.98 Å². The highest BCUT2D eigenvalue weighted by molar-refractivity contribution is 7.16. The van der Waals surface area contributed by atoms with Crippen molar-refractivity contribution in [3.8, 4) is 5.75 Å². The van der Waals surface area contributed by atoms with Crippen molar-refractivity contribution >= 4 is 27.5 Å². The quantitative estimate of drug-likeness (QED) is 0.685. The van der Waals surface area contributed by atoms with Crippen molar-refractivity contribution < 1.29 is 13.9 Å². The predicted octanol–water partition coefficient (Wildman–Crippen LogP) is 4.37. The number of amides is 1. The van der Waals surface area contributed by atoms with Gasteiger partial charge < -0.3 is 9.64 Å². The molecule has 3 aromatic rings. The first kappa shape index (κ1) is 17.0. The molecule has 0 bridgehead atoms.